The molecular formula is C60H38N2S. The van der Waals surface area contributed by atoms with Crippen LogP contribution >= 0.6 is 11.3 Å². The van der Waals surface area contributed by atoms with Gasteiger partial charge in [-0.1, -0.05) is 158 Å². The van der Waals surface area contributed by atoms with Gasteiger partial charge >= 0.3 is 0 Å². The van der Waals surface area contributed by atoms with E-state index in [-0.39, 0.29) is 0 Å². The highest BCUT2D eigenvalue weighted by Crippen LogP contribution is 2.43. The normalized spacial score (nSPS) is 11.8. The Morgan fingerprint density at radius 1 is 0.254 bits per heavy atom. The maximum Gasteiger partial charge on any atom is 0.0619 e. The molecule has 0 aliphatic heterocycles. The SMILES string of the molecule is c1ccc(-n2c3ccccc3c3cccc(-c4cccc(-c5ccc6sc7ccc(-c8cccc(-c9cccc%10c%11ccccc%11n(-c%11ccccc%11)c9%10)c8)cc7c6c5)c4)c32)cc1. The predicted octanol–water partition coefficient (Wildman–Crippen LogP) is 16.9. The molecule has 0 saturated carbocycles. The van der Waals surface area contributed by atoms with Gasteiger partial charge in [-0.25, -0.2) is 0 Å². The Balaban J connectivity index is 0.913. The van der Waals surface area contributed by atoms with Crippen LogP contribution in [0.3, 0.4) is 0 Å². The van der Waals surface area contributed by atoms with E-state index < -0.39 is 0 Å². The van der Waals surface area contributed by atoms with Crippen LogP contribution < -0.4 is 0 Å². The molecule has 0 N–H and O–H groups in total. The molecule has 0 amide bonds. The van der Waals surface area contributed by atoms with Gasteiger partial charge in [0.2, 0.25) is 0 Å². The quantitative estimate of drug-likeness (QED) is 0.158. The Morgan fingerprint density at radius 3 is 1.11 bits per heavy atom. The minimum Gasteiger partial charge on any atom is -0.309 e. The summed E-state index contributed by atoms with van der Waals surface area (Å²) in [5, 5.41) is 7.63. The molecule has 0 bridgehead atoms. The van der Waals surface area contributed by atoms with Gasteiger partial charge in [0.05, 0.1) is 22.1 Å². The molecule has 2 nitrogen and oxygen atoms in total. The third-order valence-electron chi connectivity index (χ3n) is 12.9. The minimum atomic E-state index is 1.16. The van der Waals surface area contributed by atoms with E-state index in [1.54, 1.807) is 0 Å². The molecule has 3 heteroatoms. The molecule has 13 aromatic rings. The molecule has 0 atom stereocenters. The van der Waals surface area contributed by atoms with Crippen LogP contribution in [-0.2, 0) is 0 Å². The van der Waals surface area contributed by atoms with Crippen molar-refractivity contribution in [3.63, 3.8) is 0 Å². The van der Waals surface area contributed by atoms with Crippen molar-refractivity contribution in [2.45, 2.75) is 0 Å². The first-order chi connectivity index (χ1) is 31.2. The highest BCUT2D eigenvalue weighted by molar-refractivity contribution is 7.25. The number of para-hydroxylation sites is 6. The number of rotatable bonds is 6. The molecule has 0 unspecified atom stereocenters. The van der Waals surface area contributed by atoms with E-state index >= 15 is 0 Å². The number of fused-ring (bicyclic) bond motifs is 9. The fourth-order valence-electron chi connectivity index (χ4n) is 10.1. The standard InChI is InChI=1S/C60H38N2S/c1-3-19-45(20-4-1)61-55-29-9-7-23-49(55)51-27-13-25-47(59(51)61)43-17-11-15-39(35-43)41-31-33-57-53(37-41)54-38-42(32-34-58(54)63-57)40-16-12-18-44(36-40)48-26-14-28-52-50-24-8-10-30-56(50)62(60(48)52)46-21-5-2-6-22-46/h1-38H. The lowest BCUT2D eigenvalue weighted by Gasteiger charge is -2.13. The summed E-state index contributed by atoms with van der Waals surface area (Å²) in [4.78, 5) is 0. The smallest absolute Gasteiger partial charge is 0.0619 e. The van der Waals surface area contributed by atoms with Crippen molar-refractivity contribution in [2.24, 2.45) is 0 Å². The van der Waals surface area contributed by atoms with Crippen LogP contribution in [0.2, 0.25) is 0 Å². The van der Waals surface area contributed by atoms with Crippen molar-refractivity contribution in [1.82, 2.24) is 9.13 Å². The van der Waals surface area contributed by atoms with E-state index in [2.05, 4.69) is 240 Å². The molecule has 0 fully saturated rings. The number of hydrogen-bond donors (Lipinski definition) is 0. The fourth-order valence-corrected chi connectivity index (χ4v) is 11.1. The van der Waals surface area contributed by atoms with Crippen molar-refractivity contribution in [3.05, 3.63) is 231 Å². The van der Waals surface area contributed by atoms with E-state index in [0.29, 0.717) is 0 Å². The van der Waals surface area contributed by atoms with E-state index in [1.165, 1.54) is 108 Å². The largest absolute Gasteiger partial charge is 0.309 e. The fraction of sp³-hybridized carbons (Fsp3) is 0. The van der Waals surface area contributed by atoms with Crippen molar-refractivity contribution < 1.29 is 0 Å². The molecule has 0 aliphatic carbocycles. The van der Waals surface area contributed by atoms with Gasteiger partial charge < -0.3 is 9.13 Å². The van der Waals surface area contributed by atoms with Gasteiger partial charge in [-0.15, -0.1) is 11.3 Å². The van der Waals surface area contributed by atoms with Crippen LogP contribution in [0, 0.1) is 0 Å². The topological polar surface area (TPSA) is 9.86 Å². The number of aromatic nitrogens is 2. The second-order valence-corrected chi connectivity index (χ2v) is 17.5. The van der Waals surface area contributed by atoms with Crippen molar-refractivity contribution >= 4 is 75.1 Å². The monoisotopic (exact) mass is 818 g/mol. The zero-order chi connectivity index (χ0) is 41.4. The average molecular weight is 819 g/mol. The first-order valence-electron chi connectivity index (χ1n) is 21.6. The lowest BCUT2D eigenvalue weighted by Crippen LogP contribution is -1.95. The zero-order valence-corrected chi connectivity index (χ0v) is 35.1. The van der Waals surface area contributed by atoms with Gasteiger partial charge in [-0.05, 0) is 106 Å². The van der Waals surface area contributed by atoms with Gasteiger partial charge in [0.15, 0.2) is 0 Å². The summed E-state index contributed by atoms with van der Waals surface area (Å²) in [5.41, 5.74) is 16.9. The molecule has 0 spiro atoms. The van der Waals surface area contributed by atoms with Gasteiger partial charge in [0, 0.05) is 64.2 Å². The Morgan fingerprint density at radius 2 is 0.635 bits per heavy atom. The molecule has 3 heterocycles. The summed E-state index contributed by atoms with van der Waals surface area (Å²) in [5.74, 6) is 0. The number of thiophene rings is 1. The van der Waals surface area contributed by atoms with Crippen LogP contribution in [0.1, 0.15) is 0 Å². The zero-order valence-electron chi connectivity index (χ0n) is 34.2. The highest BCUT2D eigenvalue weighted by Gasteiger charge is 2.19. The van der Waals surface area contributed by atoms with Gasteiger partial charge in [0.1, 0.15) is 0 Å². The first kappa shape index (κ1) is 35.7. The van der Waals surface area contributed by atoms with E-state index in [0.717, 1.165) is 11.4 Å². The van der Waals surface area contributed by atoms with Crippen LogP contribution in [0.15, 0.2) is 231 Å². The van der Waals surface area contributed by atoms with Crippen molar-refractivity contribution in [2.75, 3.05) is 0 Å². The van der Waals surface area contributed by atoms with Gasteiger partial charge in [-0.2, -0.15) is 0 Å². The van der Waals surface area contributed by atoms with E-state index in [4.69, 9.17) is 0 Å². The second kappa shape index (κ2) is 14.3. The Kier molecular flexibility index (Phi) is 8.12. The van der Waals surface area contributed by atoms with Crippen LogP contribution in [0.4, 0.5) is 0 Å². The Labute approximate surface area is 368 Å². The third-order valence-corrected chi connectivity index (χ3v) is 14.1. The summed E-state index contributed by atoms with van der Waals surface area (Å²) in [6.07, 6.45) is 0. The summed E-state index contributed by atoms with van der Waals surface area (Å²) in [6.45, 7) is 0. The van der Waals surface area contributed by atoms with Gasteiger partial charge in [0.25, 0.3) is 0 Å². The summed E-state index contributed by atoms with van der Waals surface area (Å²) in [7, 11) is 0. The predicted molar refractivity (Wildman–Crippen MR) is 270 cm³/mol. The molecule has 3 aromatic heterocycles. The van der Waals surface area contributed by atoms with E-state index in [1.807, 2.05) is 11.3 Å². The average Bonchev–Trinajstić information content (AvgIpc) is 4.02. The second-order valence-electron chi connectivity index (χ2n) is 16.5. The highest BCUT2D eigenvalue weighted by atomic mass is 32.1. The van der Waals surface area contributed by atoms with Crippen molar-refractivity contribution in [1.29, 1.82) is 0 Å². The molecule has 0 saturated heterocycles. The number of benzene rings is 10. The maximum atomic E-state index is 2.42. The summed E-state index contributed by atoms with van der Waals surface area (Å²) >= 11 is 1.87. The minimum absolute atomic E-state index is 1.16. The van der Waals surface area contributed by atoms with E-state index in [9.17, 15) is 0 Å². The van der Waals surface area contributed by atoms with Crippen molar-refractivity contribution in [3.8, 4) is 55.9 Å². The third kappa shape index (κ3) is 5.71. The van der Waals surface area contributed by atoms with Crippen LogP contribution in [-0.4, -0.2) is 9.13 Å². The summed E-state index contributed by atoms with van der Waals surface area (Å²) < 4.78 is 7.45. The first-order valence-corrected chi connectivity index (χ1v) is 22.4. The molecule has 13 rings (SSSR count). The molecule has 63 heavy (non-hydrogen) atoms. The van der Waals surface area contributed by atoms with Gasteiger partial charge in [-0.3, -0.25) is 0 Å². The lowest BCUT2D eigenvalue weighted by molar-refractivity contribution is 1.18. The van der Waals surface area contributed by atoms with Crippen LogP contribution in [0.25, 0.3) is 120 Å². The number of hydrogen-bond acceptors (Lipinski definition) is 1. The van der Waals surface area contributed by atoms with Crippen LogP contribution in [0.5, 0.6) is 0 Å². The number of nitrogens with zero attached hydrogens (tertiary/aromatic N) is 2. The summed E-state index contributed by atoms with van der Waals surface area (Å²) in [6, 6.07) is 84.6. The molecular weight excluding hydrogens is 781 g/mol. The molecule has 294 valence electrons. The Bertz CT molecular complexity index is 3650. The molecule has 10 aromatic carbocycles. The lowest BCUT2D eigenvalue weighted by atomic mass is 9.95. The Hall–Kier alpha value is -7.98. The molecule has 0 radical (unpaired) electrons. The maximum absolute atomic E-state index is 2.42. The molecule has 0 aliphatic rings.